The number of carbonyl (C=O) groups is 1. The third-order valence-corrected chi connectivity index (χ3v) is 4.44. The summed E-state index contributed by atoms with van der Waals surface area (Å²) in [7, 11) is 0. The van der Waals surface area contributed by atoms with Crippen LogP contribution in [0.4, 0.5) is 0 Å². The molecule has 0 amide bonds. The Kier molecular flexibility index (Phi) is 4.62. The van der Waals surface area contributed by atoms with Crippen LogP contribution >= 0.6 is 0 Å². The molecule has 0 fully saturated rings. The van der Waals surface area contributed by atoms with Gasteiger partial charge in [-0.1, -0.05) is 48.5 Å². The maximum absolute atomic E-state index is 11.2. The van der Waals surface area contributed by atoms with E-state index in [0.717, 1.165) is 33.5 Å². The van der Waals surface area contributed by atoms with Crippen LogP contribution in [0, 0.1) is 0 Å². The highest BCUT2D eigenvalue weighted by Gasteiger charge is 2.11. The number of nitrogens with zero attached hydrogens (tertiary/aromatic N) is 1. The number of aromatic nitrogens is 1. The van der Waals surface area contributed by atoms with Crippen LogP contribution < -0.4 is 4.74 Å². The number of para-hydroxylation sites is 2. The Morgan fingerprint density at radius 1 is 0.889 bits per heavy atom. The van der Waals surface area contributed by atoms with Crippen LogP contribution in [0.1, 0.15) is 11.1 Å². The predicted octanol–water partition coefficient (Wildman–Crippen LogP) is 5.11. The molecule has 1 aromatic heterocycles. The number of hydrogen-bond donors (Lipinski definition) is 1. The Hall–Kier alpha value is -3.53. The molecule has 0 spiro atoms. The molecule has 0 aliphatic rings. The van der Waals surface area contributed by atoms with Crippen LogP contribution in [0.3, 0.4) is 0 Å². The SMILES string of the molecule is O=C(O)Cc1cn(Cc2cccc(Oc3ccccc3)c2)c2ccccc12. The minimum atomic E-state index is -0.823. The van der Waals surface area contributed by atoms with Gasteiger partial charge in [-0.2, -0.15) is 0 Å². The molecule has 0 radical (unpaired) electrons. The summed E-state index contributed by atoms with van der Waals surface area (Å²) in [5, 5.41) is 10.2. The minimum absolute atomic E-state index is 0.0185. The van der Waals surface area contributed by atoms with Crippen molar-refractivity contribution in [2.75, 3.05) is 0 Å². The highest BCUT2D eigenvalue weighted by atomic mass is 16.5. The first-order valence-corrected chi connectivity index (χ1v) is 8.79. The summed E-state index contributed by atoms with van der Waals surface area (Å²) in [4.78, 5) is 11.2. The van der Waals surface area contributed by atoms with E-state index in [9.17, 15) is 9.90 Å². The van der Waals surface area contributed by atoms with E-state index in [0.29, 0.717) is 6.54 Å². The van der Waals surface area contributed by atoms with Gasteiger partial charge in [-0.05, 0) is 41.5 Å². The average molecular weight is 357 g/mol. The van der Waals surface area contributed by atoms with Crippen molar-refractivity contribution in [3.05, 3.63) is 96.2 Å². The summed E-state index contributed by atoms with van der Waals surface area (Å²) in [6, 6.07) is 25.5. The lowest BCUT2D eigenvalue weighted by atomic mass is 10.1. The molecule has 1 heterocycles. The molecule has 0 unspecified atom stereocenters. The number of rotatable bonds is 6. The Bertz CT molecular complexity index is 1080. The van der Waals surface area contributed by atoms with E-state index in [1.165, 1.54) is 0 Å². The Morgan fingerprint density at radius 3 is 2.44 bits per heavy atom. The lowest BCUT2D eigenvalue weighted by molar-refractivity contribution is -0.136. The fourth-order valence-corrected chi connectivity index (χ4v) is 3.29. The van der Waals surface area contributed by atoms with Crippen LogP contribution in [0.25, 0.3) is 10.9 Å². The zero-order valence-corrected chi connectivity index (χ0v) is 14.7. The van der Waals surface area contributed by atoms with Crippen molar-refractivity contribution in [3.8, 4) is 11.5 Å². The van der Waals surface area contributed by atoms with Gasteiger partial charge in [-0.15, -0.1) is 0 Å². The molecule has 4 rings (SSSR count). The van der Waals surface area contributed by atoms with E-state index >= 15 is 0 Å². The maximum Gasteiger partial charge on any atom is 0.307 e. The predicted molar refractivity (Wildman–Crippen MR) is 105 cm³/mol. The van der Waals surface area contributed by atoms with Gasteiger partial charge in [0.05, 0.1) is 6.42 Å². The quantitative estimate of drug-likeness (QED) is 0.522. The van der Waals surface area contributed by atoms with E-state index < -0.39 is 5.97 Å². The normalized spacial score (nSPS) is 10.8. The number of fused-ring (bicyclic) bond motifs is 1. The molecule has 4 aromatic rings. The molecule has 4 heteroatoms. The molecule has 134 valence electrons. The molecule has 0 bridgehead atoms. The molecule has 0 atom stereocenters. The largest absolute Gasteiger partial charge is 0.481 e. The van der Waals surface area contributed by atoms with Crippen molar-refractivity contribution in [1.82, 2.24) is 4.57 Å². The summed E-state index contributed by atoms with van der Waals surface area (Å²) in [5.74, 6) is 0.752. The van der Waals surface area contributed by atoms with Crippen molar-refractivity contribution in [2.24, 2.45) is 0 Å². The molecular weight excluding hydrogens is 338 g/mol. The monoisotopic (exact) mass is 357 g/mol. The number of hydrogen-bond acceptors (Lipinski definition) is 2. The third kappa shape index (κ3) is 3.85. The second-order valence-corrected chi connectivity index (χ2v) is 6.43. The fourth-order valence-electron chi connectivity index (χ4n) is 3.29. The summed E-state index contributed by atoms with van der Waals surface area (Å²) < 4.78 is 8.01. The van der Waals surface area contributed by atoms with Crippen molar-refractivity contribution in [1.29, 1.82) is 0 Å². The Morgan fingerprint density at radius 2 is 1.63 bits per heavy atom. The number of carboxylic acid groups (broad SMARTS) is 1. The average Bonchev–Trinajstić information content (AvgIpc) is 3.00. The standard InChI is InChI=1S/C23H19NO3/c25-23(26)14-18-16-24(22-12-5-4-11-21(18)22)15-17-7-6-10-20(13-17)27-19-8-2-1-3-9-19/h1-13,16H,14-15H2,(H,25,26). The van der Waals surface area contributed by atoms with Gasteiger partial charge >= 0.3 is 5.97 Å². The smallest absolute Gasteiger partial charge is 0.307 e. The zero-order chi connectivity index (χ0) is 18.6. The van der Waals surface area contributed by atoms with Crippen LogP contribution in [0.15, 0.2) is 85.1 Å². The van der Waals surface area contributed by atoms with Gasteiger partial charge in [-0.25, -0.2) is 0 Å². The van der Waals surface area contributed by atoms with Gasteiger partial charge in [0.15, 0.2) is 0 Å². The summed E-state index contributed by atoms with van der Waals surface area (Å²) in [6.07, 6.45) is 1.95. The van der Waals surface area contributed by atoms with Crippen molar-refractivity contribution in [3.63, 3.8) is 0 Å². The van der Waals surface area contributed by atoms with E-state index in [1.807, 2.05) is 85.1 Å². The van der Waals surface area contributed by atoms with E-state index in [4.69, 9.17) is 4.74 Å². The first-order chi connectivity index (χ1) is 13.2. The van der Waals surface area contributed by atoms with Gasteiger partial charge in [0.2, 0.25) is 0 Å². The van der Waals surface area contributed by atoms with Gasteiger partial charge in [0, 0.05) is 23.6 Å². The molecule has 0 saturated heterocycles. The molecule has 27 heavy (non-hydrogen) atoms. The van der Waals surface area contributed by atoms with Gasteiger partial charge in [0.25, 0.3) is 0 Å². The first kappa shape index (κ1) is 16.9. The number of ether oxygens (including phenoxy) is 1. The summed E-state index contributed by atoms with van der Waals surface area (Å²) in [5.41, 5.74) is 2.95. The summed E-state index contributed by atoms with van der Waals surface area (Å²) in [6.45, 7) is 0.645. The lowest BCUT2D eigenvalue weighted by Gasteiger charge is -2.09. The second kappa shape index (κ2) is 7.38. The number of aliphatic carboxylic acids is 1. The van der Waals surface area contributed by atoms with Gasteiger partial charge in [-0.3, -0.25) is 4.79 Å². The van der Waals surface area contributed by atoms with E-state index in [-0.39, 0.29) is 6.42 Å². The Balaban J connectivity index is 1.63. The topological polar surface area (TPSA) is 51.5 Å². The number of carboxylic acids is 1. The molecule has 0 saturated carbocycles. The second-order valence-electron chi connectivity index (χ2n) is 6.43. The van der Waals surface area contributed by atoms with Crippen LogP contribution in [-0.2, 0) is 17.8 Å². The van der Waals surface area contributed by atoms with Crippen molar-refractivity contribution < 1.29 is 14.6 Å². The maximum atomic E-state index is 11.2. The van der Waals surface area contributed by atoms with Crippen LogP contribution in [-0.4, -0.2) is 15.6 Å². The van der Waals surface area contributed by atoms with Gasteiger partial charge in [0.1, 0.15) is 11.5 Å². The summed E-state index contributed by atoms with van der Waals surface area (Å²) >= 11 is 0. The van der Waals surface area contributed by atoms with Gasteiger partial charge < -0.3 is 14.4 Å². The number of benzene rings is 3. The fraction of sp³-hybridized carbons (Fsp3) is 0.0870. The molecule has 0 aliphatic carbocycles. The third-order valence-electron chi connectivity index (χ3n) is 4.44. The highest BCUT2D eigenvalue weighted by Crippen LogP contribution is 2.25. The first-order valence-electron chi connectivity index (χ1n) is 8.79. The van der Waals surface area contributed by atoms with Crippen LogP contribution in [0.2, 0.25) is 0 Å². The lowest BCUT2D eigenvalue weighted by Crippen LogP contribution is -2.00. The minimum Gasteiger partial charge on any atom is -0.481 e. The van der Waals surface area contributed by atoms with Crippen LogP contribution in [0.5, 0.6) is 11.5 Å². The molecular formula is C23H19NO3. The van der Waals surface area contributed by atoms with E-state index in [1.54, 1.807) is 0 Å². The van der Waals surface area contributed by atoms with Crippen molar-refractivity contribution in [2.45, 2.75) is 13.0 Å². The highest BCUT2D eigenvalue weighted by molar-refractivity contribution is 5.87. The molecule has 0 aliphatic heterocycles. The van der Waals surface area contributed by atoms with E-state index in [2.05, 4.69) is 4.57 Å². The molecule has 1 N–H and O–H groups in total. The zero-order valence-electron chi connectivity index (χ0n) is 14.7. The molecule has 4 nitrogen and oxygen atoms in total. The Labute approximate surface area is 157 Å². The molecule has 3 aromatic carbocycles. The van der Waals surface area contributed by atoms with Crippen molar-refractivity contribution >= 4 is 16.9 Å².